The fraction of sp³-hybridized carbons (Fsp3) is 0.231. The molecule has 2 aliphatic heterocycles. The SMILES string of the molecule is COc1ccc(N(c2cc(C)cc(C)c2)c2ccc3c(c2)C(C)(C)c2cccc4c2N3c2ccccc2C4(C)C)cc1. The summed E-state index contributed by atoms with van der Waals surface area (Å²) in [6, 6.07) is 38.0. The maximum atomic E-state index is 5.49. The van der Waals surface area contributed by atoms with Crippen LogP contribution in [0.15, 0.2) is 103 Å². The molecule has 5 aromatic carbocycles. The lowest BCUT2D eigenvalue weighted by atomic mass is 9.66. The number of ether oxygens (including phenoxy) is 1. The molecule has 0 aromatic heterocycles. The van der Waals surface area contributed by atoms with Crippen LogP contribution in [0.25, 0.3) is 0 Å². The Bertz CT molecular complexity index is 1830. The van der Waals surface area contributed by atoms with E-state index in [1.54, 1.807) is 7.11 Å². The molecule has 210 valence electrons. The summed E-state index contributed by atoms with van der Waals surface area (Å²) in [5.74, 6) is 0.852. The summed E-state index contributed by atoms with van der Waals surface area (Å²) in [7, 11) is 1.71. The fourth-order valence-electron chi connectivity index (χ4n) is 7.27. The summed E-state index contributed by atoms with van der Waals surface area (Å²) in [6.45, 7) is 13.8. The van der Waals surface area contributed by atoms with Crippen LogP contribution < -0.4 is 14.5 Å². The molecule has 3 nitrogen and oxygen atoms in total. The number of rotatable bonds is 4. The molecule has 0 spiro atoms. The first-order valence-electron chi connectivity index (χ1n) is 14.8. The number of methoxy groups -OCH3 is 1. The Kier molecular flexibility index (Phi) is 5.82. The number of anilines is 6. The van der Waals surface area contributed by atoms with E-state index in [-0.39, 0.29) is 10.8 Å². The average Bonchev–Trinajstić information content (AvgIpc) is 2.97. The maximum Gasteiger partial charge on any atom is 0.119 e. The minimum absolute atomic E-state index is 0.0832. The Balaban J connectivity index is 1.47. The second kappa shape index (κ2) is 9.25. The van der Waals surface area contributed by atoms with Gasteiger partial charge < -0.3 is 14.5 Å². The molecule has 42 heavy (non-hydrogen) atoms. The van der Waals surface area contributed by atoms with Crippen LogP contribution in [0.2, 0.25) is 0 Å². The first-order valence-corrected chi connectivity index (χ1v) is 14.8. The lowest BCUT2D eigenvalue weighted by Crippen LogP contribution is -2.38. The third kappa shape index (κ3) is 3.80. The second-order valence-electron chi connectivity index (χ2n) is 12.9. The normalized spacial score (nSPS) is 15.4. The van der Waals surface area contributed by atoms with Crippen molar-refractivity contribution in [3.63, 3.8) is 0 Å². The Hall–Kier alpha value is -4.50. The van der Waals surface area contributed by atoms with Crippen molar-refractivity contribution in [1.29, 1.82) is 0 Å². The molecule has 0 amide bonds. The minimum atomic E-state index is -0.191. The van der Waals surface area contributed by atoms with Crippen molar-refractivity contribution in [2.45, 2.75) is 52.4 Å². The van der Waals surface area contributed by atoms with E-state index in [0.717, 1.165) is 22.8 Å². The lowest BCUT2D eigenvalue weighted by molar-refractivity contribution is 0.415. The summed E-state index contributed by atoms with van der Waals surface area (Å²) >= 11 is 0. The molecule has 0 N–H and O–H groups in total. The van der Waals surface area contributed by atoms with Crippen molar-refractivity contribution in [3.8, 4) is 5.75 Å². The molecule has 0 saturated heterocycles. The van der Waals surface area contributed by atoms with E-state index in [4.69, 9.17) is 4.74 Å². The van der Waals surface area contributed by atoms with Gasteiger partial charge in [-0.1, -0.05) is 70.2 Å². The third-order valence-corrected chi connectivity index (χ3v) is 9.37. The Morgan fingerprint density at radius 1 is 0.548 bits per heavy atom. The highest BCUT2D eigenvalue weighted by molar-refractivity contribution is 5.94. The van der Waals surface area contributed by atoms with Crippen LogP contribution in [0, 0.1) is 13.8 Å². The molecule has 0 radical (unpaired) electrons. The van der Waals surface area contributed by atoms with Crippen molar-refractivity contribution in [3.05, 3.63) is 137 Å². The zero-order chi connectivity index (χ0) is 29.4. The summed E-state index contributed by atoms with van der Waals surface area (Å²) in [6.07, 6.45) is 0. The number of hydrogen-bond acceptors (Lipinski definition) is 3. The number of fused-ring (bicyclic) bond motifs is 4. The predicted octanol–water partition coefficient (Wildman–Crippen LogP) is 10.5. The Morgan fingerprint density at radius 2 is 1.12 bits per heavy atom. The van der Waals surface area contributed by atoms with Gasteiger partial charge in [0.1, 0.15) is 5.75 Å². The highest BCUT2D eigenvalue weighted by Gasteiger charge is 2.45. The number of hydrogen-bond donors (Lipinski definition) is 0. The van der Waals surface area contributed by atoms with Gasteiger partial charge >= 0.3 is 0 Å². The smallest absolute Gasteiger partial charge is 0.119 e. The first kappa shape index (κ1) is 26.4. The molecular formula is C39H38N2O. The third-order valence-electron chi connectivity index (χ3n) is 9.37. The largest absolute Gasteiger partial charge is 0.497 e. The van der Waals surface area contributed by atoms with Gasteiger partial charge in [0.2, 0.25) is 0 Å². The molecule has 0 unspecified atom stereocenters. The minimum Gasteiger partial charge on any atom is -0.497 e. The van der Waals surface area contributed by atoms with Crippen LogP contribution in [-0.4, -0.2) is 7.11 Å². The van der Waals surface area contributed by atoms with Crippen LogP contribution in [0.5, 0.6) is 5.75 Å². The summed E-state index contributed by atoms with van der Waals surface area (Å²) < 4.78 is 5.49. The quantitative estimate of drug-likeness (QED) is 0.221. The summed E-state index contributed by atoms with van der Waals surface area (Å²) in [4.78, 5) is 4.89. The molecule has 0 saturated carbocycles. The summed E-state index contributed by atoms with van der Waals surface area (Å²) in [5.41, 5.74) is 14.9. The van der Waals surface area contributed by atoms with Gasteiger partial charge in [-0.15, -0.1) is 0 Å². The maximum absolute atomic E-state index is 5.49. The number of para-hydroxylation sites is 2. The zero-order valence-corrected chi connectivity index (χ0v) is 25.6. The highest BCUT2D eigenvalue weighted by Crippen LogP contribution is 2.60. The molecule has 0 fully saturated rings. The predicted molar refractivity (Wildman–Crippen MR) is 176 cm³/mol. The van der Waals surface area contributed by atoms with Gasteiger partial charge in [-0.3, -0.25) is 0 Å². The van der Waals surface area contributed by atoms with Gasteiger partial charge in [0.15, 0.2) is 0 Å². The van der Waals surface area contributed by atoms with Crippen molar-refractivity contribution >= 4 is 34.1 Å². The lowest BCUT2D eigenvalue weighted by Gasteiger charge is -2.49. The van der Waals surface area contributed by atoms with E-state index >= 15 is 0 Å². The van der Waals surface area contributed by atoms with E-state index in [9.17, 15) is 0 Å². The summed E-state index contributed by atoms with van der Waals surface area (Å²) in [5, 5.41) is 0. The molecule has 2 heterocycles. The topological polar surface area (TPSA) is 15.7 Å². The average molecular weight is 551 g/mol. The van der Waals surface area contributed by atoms with E-state index in [1.807, 2.05) is 12.1 Å². The number of benzene rings is 5. The van der Waals surface area contributed by atoms with E-state index in [1.165, 1.54) is 50.4 Å². The number of aryl methyl sites for hydroxylation is 2. The highest BCUT2D eigenvalue weighted by atomic mass is 16.5. The Morgan fingerprint density at radius 3 is 1.79 bits per heavy atom. The van der Waals surface area contributed by atoms with Crippen LogP contribution in [-0.2, 0) is 10.8 Å². The van der Waals surface area contributed by atoms with Crippen LogP contribution >= 0.6 is 0 Å². The Labute approximate surface area is 250 Å². The van der Waals surface area contributed by atoms with Gasteiger partial charge in [-0.05, 0) is 108 Å². The second-order valence-corrected chi connectivity index (χ2v) is 12.9. The van der Waals surface area contributed by atoms with Gasteiger partial charge in [0.25, 0.3) is 0 Å². The molecule has 7 rings (SSSR count). The van der Waals surface area contributed by atoms with Crippen molar-refractivity contribution in [2.24, 2.45) is 0 Å². The molecule has 0 bridgehead atoms. The van der Waals surface area contributed by atoms with Crippen LogP contribution in [0.1, 0.15) is 61.1 Å². The fourth-order valence-corrected chi connectivity index (χ4v) is 7.27. The standard InChI is InChI=1S/C39H38N2O/c1-25-21-26(2)23-29(22-25)40(27-15-18-30(42-7)19-16-27)28-17-20-36-34(24-28)39(5,6)33-13-10-12-32-37(33)41(36)35-14-9-8-11-31(35)38(32,3)4/h8-24H,1-7H3. The van der Waals surface area contributed by atoms with Gasteiger partial charge in [0, 0.05) is 27.9 Å². The van der Waals surface area contributed by atoms with Crippen molar-refractivity contribution in [2.75, 3.05) is 16.9 Å². The van der Waals surface area contributed by atoms with Crippen LogP contribution in [0.4, 0.5) is 34.1 Å². The van der Waals surface area contributed by atoms with E-state index in [0.29, 0.717) is 0 Å². The first-order chi connectivity index (χ1) is 20.1. The molecule has 5 aromatic rings. The number of nitrogens with zero attached hydrogens (tertiary/aromatic N) is 2. The van der Waals surface area contributed by atoms with Gasteiger partial charge in [-0.2, -0.15) is 0 Å². The zero-order valence-electron chi connectivity index (χ0n) is 25.6. The van der Waals surface area contributed by atoms with Crippen molar-refractivity contribution < 1.29 is 4.74 Å². The molecule has 0 atom stereocenters. The van der Waals surface area contributed by atoms with E-state index in [2.05, 4.69) is 142 Å². The molecule has 0 aliphatic carbocycles. The molecule has 2 aliphatic rings. The van der Waals surface area contributed by atoms with E-state index < -0.39 is 0 Å². The molecular weight excluding hydrogens is 512 g/mol. The van der Waals surface area contributed by atoms with Gasteiger partial charge in [-0.25, -0.2) is 0 Å². The van der Waals surface area contributed by atoms with Gasteiger partial charge in [0.05, 0.1) is 24.2 Å². The van der Waals surface area contributed by atoms with Crippen LogP contribution in [0.3, 0.4) is 0 Å². The van der Waals surface area contributed by atoms with Crippen molar-refractivity contribution in [1.82, 2.24) is 0 Å². The monoisotopic (exact) mass is 550 g/mol. The molecule has 3 heteroatoms.